The molecule has 5 nitrogen and oxygen atoms in total. The van der Waals surface area contributed by atoms with Crippen LogP contribution in [0, 0.1) is 11.7 Å². The maximum Gasteiger partial charge on any atom is 0.241 e. The van der Waals surface area contributed by atoms with Crippen molar-refractivity contribution >= 4 is 24.2 Å². The number of likely N-dealkylation sites (tertiary alicyclic amines) is 1. The molecule has 0 saturated carbocycles. The van der Waals surface area contributed by atoms with E-state index in [9.17, 15) is 14.0 Å². The molecular weight excluding hydrogens is 345 g/mol. The van der Waals surface area contributed by atoms with Crippen LogP contribution in [0.2, 0.25) is 0 Å². The molecule has 0 atom stereocenters. The molecule has 1 aromatic carbocycles. The number of amides is 2. The van der Waals surface area contributed by atoms with Gasteiger partial charge in [0.15, 0.2) is 0 Å². The van der Waals surface area contributed by atoms with Gasteiger partial charge in [-0.25, -0.2) is 4.39 Å². The molecule has 0 aromatic heterocycles. The van der Waals surface area contributed by atoms with Gasteiger partial charge in [0.25, 0.3) is 0 Å². The molecule has 0 unspecified atom stereocenters. The van der Waals surface area contributed by atoms with Crippen LogP contribution in [0.25, 0.3) is 0 Å². The third-order valence-electron chi connectivity index (χ3n) is 4.46. The van der Waals surface area contributed by atoms with E-state index in [1.165, 1.54) is 12.1 Å². The summed E-state index contributed by atoms with van der Waals surface area (Å²) in [6.07, 6.45) is 3.26. The van der Waals surface area contributed by atoms with Crippen LogP contribution in [0.15, 0.2) is 24.3 Å². The van der Waals surface area contributed by atoms with E-state index in [2.05, 4.69) is 10.6 Å². The fourth-order valence-electron chi connectivity index (χ4n) is 3.00. The predicted molar refractivity (Wildman–Crippen MR) is 98.2 cm³/mol. The van der Waals surface area contributed by atoms with E-state index in [0.717, 1.165) is 38.9 Å². The molecule has 1 saturated heterocycles. The molecule has 0 aliphatic carbocycles. The summed E-state index contributed by atoms with van der Waals surface area (Å²) >= 11 is 0. The van der Waals surface area contributed by atoms with Crippen LogP contribution in [-0.2, 0) is 16.0 Å². The summed E-state index contributed by atoms with van der Waals surface area (Å²) in [6.45, 7) is 2.53. The molecule has 1 aliphatic heterocycles. The number of rotatable bonds is 7. The fourth-order valence-corrected chi connectivity index (χ4v) is 3.00. The molecule has 25 heavy (non-hydrogen) atoms. The van der Waals surface area contributed by atoms with Gasteiger partial charge in [-0.2, -0.15) is 0 Å². The average molecular weight is 372 g/mol. The maximum absolute atomic E-state index is 13.1. The zero-order valence-corrected chi connectivity index (χ0v) is 15.4. The third kappa shape index (κ3) is 7.40. The fraction of sp³-hybridized carbons (Fsp3) is 0.556. The molecule has 7 heteroatoms. The Bertz CT molecular complexity index is 563. The number of nitrogens with zero attached hydrogens (tertiary/aromatic N) is 1. The molecule has 1 aliphatic rings. The van der Waals surface area contributed by atoms with Crippen LogP contribution in [-0.4, -0.2) is 49.9 Å². The van der Waals surface area contributed by atoms with Crippen LogP contribution in [0.5, 0.6) is 0 Å². The highest BCUT2D eigenvalue weighted by Crippen LogP contribution is 2.19. The quantitative estimate of drug-likeness (QED) is 0.767. The highest BCUT2D eigenvalue weighted by atomic mass is 35.5. The number of nitrogens with one attached hydrogen (secondary N) is 2. The lowest BCUT2D eigenvalue weighted by Gasteiger charge is -2.32. The van der Waals surface area contributed by atoms with Gasteiger partial charge in [0.05, 0.1) is 13.0 Å². The van der Waals surface area contributed by atoms with E-state index in [4.69, 9.17) is 0 Å². The van der Waals surface area contributed by atoms with Gasteiger partial charge in [-0.3, -0.25) is 9.59 Å². The highest BCUT2D eigenvalue weighted by Gasteiger charge is 2.22. The Kier molecular flexibility index (Phi) is 9.45. The Morgan fingerprint density at radius 3 is 2.64 bits per heavy atom. The second-order valence-electron chi connectivity index (χ2n) is 6.30. The van der Waals surface area contributed by atoms with Crippen LogP contribution in [0.1, 0.15) is 24.8 Å². The van der Waals surface area contributed by atoms with Crippen molar-refractivity contribution in [2.45, 2.75) is 25.7 Å². The van der Waals surface area contributed by atoms with Gasteiger partial charge in [-0.05, 0) is 56.5 Å². The lowest BCUT2D eigenvalue weighted by molar-refractivity contribution is -0.133. The first-order valence-electron chi connectivity index (χ1n) is 8.52. The first-order valence-corrected chi connectivity index (χ1v) is 8.52. The summed E-state index contributed by atoms with van der Waals surface area (Å²) < 4.78 is 13.1. The zero-order valence-electron chi connectivity index (χ0n) is 14.6. The topological polar surface area (TPSA) is 61.4 Å². The first kappa shape index (κ1) is 21.4. The molecule has 1 aromatic rings. The Balaban J connectivity index is 0.00000312. The van der Waals surface area contributed by atoms with E-state index in [1.54, 1.807) is 12.1 Å². The lowest BCUT2D eigenvalue weighted by Crippen LogP contribution is -2.44. The number of benzene rings is 1. The molecule has 0 radical (unpaired) electrons. The van der Waals surface area contributed by atoms with Gasteiger partial charge >= 0.3 is 0 Å². The summed E-state index contributed by atoms with van der Waals surface area (Å²) in [5.74, 6) is -0.00546. The summed E-state index contributed by atoms with van der Waals surface area (Å²) in [7, 11) is 1.95. The molecule has 0 spiro atoms. The molecule has 1 fully saturated rings. The smallest absolute Gasteiger partial charge is 0.241 e. The number of piperidine rings is 1. The minimum Gasteiger partial charge on any atom is -0.347 e. The van der Waals surface area contributed by atoms with Crippen molar-refractivity contribution in [1.82, 2.24) is 15.5 Å². The minimum atomic E-state index is -0.363. The number of hydrogen-bond donors (Lipinski definition) is 2. The molecule has 1 heterocycles. The average Bonchev–Trinajstić information content (AvgIpc) is 2.58. The molecule has 140 valence electrons. The van der Waals surface area contributed by atoms with Crippen molar-refractivity contribution in [2.75, 3.05) is 33.2 Å². The van der Waals surface area contributed by atoms with Crippen LogP contribution in [0.3, 0.4) is 0 Å². The molecule has 2 amide bonds. The van der Waals surface area contributed by atoms with Crippen molar-refractivity contribution in [2.24, 2.45) is 5.92 Å². The van der Waals surface area contributed by atoms with Crippen LogP contribution < -0.4 is 10.6 Å². The van der Waals surface area contributed by atoms with Gasteiger partial charge in [-0.1, -0.05) is 12.1 Å². The Morgan fingerprint density at radius 1 is 1.28 bits per heavy atom. The summed E-state index contributed by atoms with van der Waals surface area (Å²) in [5.41, 5.74) is 0.602. The van der Waals surface area contributed by atoms with Gasteiger partial charge in [0.1, 0.15) is 5.82 Å². The van der Waals surface area contributed by atoms with Crippen molar-refractivity contribution < 1.29 is 14.0 Å². The number of halogens is 2. The lowest BCUT2D eigenvalue weighted by atomic mass is 9.93. The van der Waals surface area contributed by atoms with Gasteiger partial charge < -0.3 is 15.5 Å². The standard InChI is InChI=1S/C18H26FN3O2.ClH/c1-20-8-5-14-6-9-22(10-7-14)18(24)13-21-17(23)12-15-3-2-4-16(19)11-15;/h2-4,11,14,20H,5-10,12-13H2,1H3,(H,21,23);1H. The third-order valence-corrected chi connectivity index (χ3v) is 4.46. The number of carbonyl (C=O) groups excluding carboxylic acids is 2. The monoisotopic (exact) mass is 371 g/mol. The van der Waals surface area contributed by atoms with Gasteiger partial charge in [0.2, 0.25) is 11.8 Å². The summed E-state index contributed by atoms with van der Waals surface area (Å²) in [4.78, 5) is 25.9. The van der Waals surface area contributed by atoms with E-state index in [0.29, 0.717) is 11.5 Å². The highest BCUT2D eigenvalue weighted by molar-refractivity contribution is 5.86. The second kappa shape index (κ2) is 11.1. The second-order valence-corrected chi connectivity index (χ2v) is 6.30. The molecule has 2 rings (SSSR count). The minimum absolute atomic E-state index is 0. The molecular formula is C18H27ClFN3O2. The van der Waals surface area contributed by atoms with E-state index < -0.39 is 0 Å². The summed E-state index contributed by atoms with van der Waals surface area (Å²) in [6, 6.07) is 5.93. The SMILES string of the molecule is CNCCC1CCN(C(=O)CNC(=O)Cc2cccc(F)c2)CC1.Cl. The maximum atomic E-state index is 13.1. The number of carbonyl (C=O) groups is 2. The van der Waals surface area contributed by atoms with Crippen molar-refractivity contribution in [1.29, 1.82) is 0 Å². The van der Waals surface area contributed by atoms with E-state index >= 15 is 0 Å². The van der Waals surface area contributed by atoms with Crippen LogP contribution in [0.4, 0.5) is 4.39 Å². The molecule has 0 bridgehead atoms. The zero-order chi connectivity index (χ0) is 17.4. The number of hydrogen-bond acceptors (Lipinski definition) is 3. The normalized spacial score (nSPS) is 14.7. The van der Waals surface area contributed by atoms with E-state index in [-0.39, 0.29) is 43.0 Å². The predicted octanol–water partition coefficient (Wildman–Crippen LogP) is 1.75. The van der Waals surface area contributed by atoms with Crippen LogP contribution >= 0.6 is 12.4 Å². The Hall–Kier alpha value is -1.66. The summed E-state index contributed by atoms with van der Waals surface area (Å²) in [5, 5.41) is 5.78. The van der Waals surface area contributed by atoms with Gasteiger partial charge in [0, 0.05) is 13.1 Å². The first-order chi connectivity index (χ1) is 11.6. The Labute approximate surface area is 154 Å². The van der Waals surface area contributed by atoms with E-state index in [1.807, 2.05) is 11.9 Å². The largest absolute Gasteiger partial charge is 0.347 e. The van der Waals surface area contributed by atoms with Gasteiger partial charge in [-0.15, -0.1) is 12.4 Å². The molecule has 2 N–H and O–H groups in total. The Morgan fingerprint density at radius 2 is 2.00 bits per heavy atom. The van der Waals surface area contributed by atoms with Crippen molar-refractivity contribution in [3.63, 3.8) is 0 Å². The van der Waals surface area contributed by atoms with Crippen molar-refractivity contribution in [3.05, 3.63) is 35.6 Å². The van der Waals surface area contributed by atoms with Crippen molar-refractivity contribution in [3.8, 4) is 0 Å².